The fourth-order valence-corrected chi connectivity index (χ4v) is 4.19. The van der Waals surface area contributed by atoms with Crippen LogP contribution < -0.4 is 0 Å². The van der Waals surface area contributed by atoms with Gasteiger partial charge in [0.05, 0.1) is 10.6 Å². The van der Waals surface area contributed by atoms with Crippen LogP contribution in [-0.4, -0.2) is 16.4 Å². The van der Waals surface area contributed by atoms with Gasteiger partial charge in [0.25, 0.3) is 0 Å². The molecule has 124 valence electrons. The average Bonchev–Trinajstić information content (AvgIpc) is 3.29. The fourth-order valence-electron chi connectivity index (χ4n) is 3.54. The Kier molecular flexibility index (Phi) is 4.25. The lowest BCUT2D eigenvalue weighted by atomic mass is 10.0. The van der Waals surface area contributed by atoms with Crippen LogP contribution in [0.1, 0.15) is 41.5 Å². The molecule has 0 N–H and O–H groups in total. The normalized spacial score (nSPS) is 18.3. The molecule has 1 unspecified atom stereocenters. The molecule has 4 rings (SSSR count). The Morgan fingerprint density at radius 1 is 1.25 bits per heavy atom. The number of hydrogen-bond donors (Lipinski definition) is 0. The molecule has 1 saturated heterocycles. The van der Waals surface area contributed by atoms with Gasteiger partial charge in [-0.25, -0.2) is 4.98 Å². The van der Waals surface area contributed by atoms with Gasteiger partial charge >= 0.3 is 0 Å². The highest BCUT2D eigenvalue weighted by atomic mass is 32.1. The third kappa shape index (κ3) is 3.04. The van der Waals surface area contributed by atoms with Crippen LogP contribution in [0, 0.1) is 13.8 Å². The van der Waals surface area contributed by atoms with Crippen molar-refractivity contribution in [2.24, 2.45) is 0 Å². The quantitative estimate of drug-likeness (QED) is 0.641. The number of nitrogens with zero attached hydrogens (tertiary/aromatic N) is 2. The molecule has 1 aromatic carbocycles. The van der Waals surface area contributed by atoms with Crippen LogP contribution in [0.2, 0.25) is 0 Å². The smallest absolute Gasteiger partial charge is 0.236 e. The van der Waals surface area contributed by atoms with Crippen LogP contribution in [0.3, 0.4) is 0 Å². The highest BCUT2D eigenvalue weighted by Crippen LogP contribution is 2.34. The molecule has 0 spiro atoms. The van der Waals surface area contributed by atoms with E-state index in [1.165, 1.54) is 24.0 Å². The number of rotatable bonds is 4. The summed E-state index contributed by atoms with van der Waals surface area (Å²) in [6.45, 7) is 6.17. The first kappa shape index (κ1) is 15.6. The molecule has 0 bridgehead atoms. The van der Waals surface area contributed by atoms with Gasteiger partial charge in [-0.05, 0) is 50.2 Å². The Labute approximate surface area is 147 Å². The van der Waals surface area contributed by atoms with E-state index in [0.29, 0.717) is 6.04 Å². The fraction of sp³-hybridized carbons (Fsp3) is 0.350. The summed E-state index contributed by atoms with van der Waals surface area (Å²) in [5, 5.41) is 2.06. The van der Waals surface area contributed by atoms with Crippen LogP contribution >= 0.6 is 11.3 Å². The highest BCUT2D eigenvalue weighted by molar-refractivity contribution is 7.13. The van der Waals surface area contributed by atoms with Crippen molar-refractivity contribution >= 4 is 11.3 Å². The van der Waals surface area contributed by atoms with Gasteiger partial charge in [-0.3, -0.25) is 4.90 Å². The number of likely N-dealkylation sites (tertiary alicyclic amines) is 1. The molecule has 24 heavy (non-hydrogen) atoms. The zero-order chi connectivity index (χ0) is 16.5. The zero-order valence-electron chi connectivity index (χ0n) is 14.2. The molecule has 1 fully saturated rings. The van der Waals surface area contributed by atoms with E-state index in [9.17, 15) is 0 Å². The van der Waals surface area contributed by atoms with Crippen molar-refractivity contribution in [3.8, 4) is 10.8 Å². The number of aryl methyl sites for hydroxylation is 2. The maximum atomic E-state index is 5.90. The van der Waals surface area contributed by atoms with E-state index in [2.05, 4.69) is 47.5 Å². The van der Waals surface area contributed by atoms with Crippen molar-refractivity contribution in [1.29, 1.82) is 0 Å². The molecule has 0 saturated carbocycles. The average molecular weight is 338 g/mol. The van der Waals surface area contributed by atoms with Crippen LogP contribution in [0.5, 0.6) is 0 Å². The number of thiophene rings is 1. The second-order valence-corrected chi connectivity index (χ2v) is 7.49. The van der Waals surface area contributed by atoms with Crippen LogP contribution in [-0.2, 0) is 6.54 Å². The minimum absolute atomic E-state index is 0.492. The number of aromatic nitrogens is 1. The molecule has 4 heteroatoms. The Hall–Kier alpha value is -1.91. The number of oxazole rings is 1. The Bertz CT molecular complexity index is 822. The molecular formula is C20H22N2OS. The van der Waals surface area contributed by atoms with Gasteiger partial charge in [0, 0.05) is 12.6 Å². The van der Waals surface area contributed by atoms with Crippen molar-refractivity contribution < 1.29 is 4.42 Å². The van der Waals surface area contributed by atoms with Gasteiger partial charge in [-0.15, -0.1) is 11.3 Å². The molecule has 0 aliphatic carbocycles. The zero-order valence-corrected chi connectivity index (χ0v) is 15.0. The highest BCUT2D eigenvalue weighted by Gasteiger charge is 2.27. The van der Waals surface area contributed by atoms with Gasteiger partial charge in [-0.2, -0.15) is 0 Å². The van der Waals surface area contributed by atoms with Crippen molar-refractivity contribution in [1.82, 2.24) is 9.88 Å². The topological polar surface area (TPSA) is 29.3 Å². The lowest BCUT2D eigenvalue weighted by Crippen LogP contribution is -2.23. The predicted octanol–water partition coefficient (Wildman–Crippen LogP) is 5.36. The van der Waals surface area contributed by atoms with Gasteiger partial charge in [0.2, 0.25) is 5.89 Å². The minimum atomic E-state index is 0.492. The van der Waals surface area contributed by atoms with E-state index < -0.39 is 0 Å². The standard InChI is InChI=1S/C20H22N2OS/c1-14-6-3-7-16(12-14)18-8-4-10-22(18)13-17-15(2)23-20(21-17)19-9-5-11-24-19/h3,5-7,9,11-12,18H,4,8,10,13H2,1-2H3. The Morgan fingerprint density at radius 2 is 2.17 bits per heavy atom. The first-order valence-electron chi connectivity index (χ1n) is 8.51. The minimum Gasteiger partial charge on any atom is -0.440 e. The summed E-state index contributed by atoms with van der Waals surface area (Å²) in [6, 6.07) is 13.5. The molecule has 1 aliphatic rings. The Balaban J connectivity index is 1.56. The van der Waals surface area contributed by atoms with Crippen molar-refractivity contribution in [2.75, 3.05) is 6.54 Å². The van der Waals surface area contributed by atoms with Gasteiger partial charge in [-0.1, -0.05) is 35.9 Å². The second kappa shape index (κ2) is 6.54. The molecule has 0 radical (unpaired) electrons. The summed E-state index contributed by atoms with van der Waals surface area (Å²) in [5.74, 6) is 1.69. The molecule has 2 aromatic heterocycles. The molecule has 3 nitrogen and oxygen atoms in total. The van der Waals surface area contributed by atoms with Gasteiger partial charge in [0.1, 0.15) is 5.76 Å². The maximum absolute atomic E-state index is 5.90. The number of benzene rings is 1. The van der Waals surface area contributed by atoms with E-state index in [1.54, 1.807) is 11.3 Å². The molecule has 0 amide bonds. The number of hydrogen-bond acceptors (Lipinski definition) is 4. The van der Waals surface area contributed by atoms with E-state index in [1.807, 2.05) is 13.0 Å². The molecule has 3 aromatic rings. The predicted molar refractivity (Wildman–Crippen MR) is 98.1 cm³/mol. The van der Waals surface area contributed by atoms with Crippen LogP contribution in [0.15, 0.2) is 46.2 Å². The summed E-state index contributed by atoms with van der Waals surface area (Å²) in [7, 11) is 0. The lowest BCUT2D eigenvalue weighted by Gasteiger charge is -2.24. The van der Waals surface area contributed by atoms with Crippen LogP contribution in [0.4, 0.5) is 0 Å². The van der Waals surface area contributed by atoms with Crippen molar-refractivity contribution in [2.45, 2.75) is 39.3 Å². The van der Waals surface area contributed by atoms with Crippen LogP contribution in [0.25, 0.3) is 10.8 Å². The summed E-state index contributed by atoms with van der Waals surface area (Å²) >= 11 is 1.67. The first-order chi connectivity index (χ1) is 11.7. The summed E-state index contributed by atoms with van der Waals surface area (Å²) in [4.78, 5) is 8.40. The summed E-state index contributed by atoms with van der Waals surface area (Å²) in [5.41, 5.74) is 3.82. The largest absolute Gasteiger partial charge is 0.440 e. The molecule has 3 heterocycles. The third-order valence-electron chi connectivity index (χ3n) is 4.77. The lowest BCUT2D eigenvalue weighted by molar-refractivity contribution is 0.244. The third-order valence-corrected chi connectivity index (χ3v) is 5.63. The monoisotopic (exact) mass is 338 g/mol. The van der Waals surface area contributed by atoms with E-state index in [4.69, 9.17) is 9.40 Å². The maximum Gasteiger partial charge on any atom is 0.236 e. The van der Waals surface area contributed by atoms with Crippen molar-refractivity contribution in [3.63, 3.8) is 0 Å². The van der Waals surface area contributed by atoms with E-state index >= 15 is 0 Å². The van der Waals surface area contributed by atoms with E-state index in [0.717, 1.165) is 35.3 Å². The van der Waals surface area contributed by atoms with E-state index in [-0.39, 0.29) is 0 Å². The summed E-state index contributed by atoms with van der Waals surface area (Å²) < 4.78 is 5.90. The Morgan fingerprint density at radius 3 is 2.96 bits per heavy atom. The van der Waals surface area contributed by atoms with Gasteiger partial charge in [0.15, 0.2) is 0 Å². The molecular weight excluding hydrogens is 316 g/mol. The van der Waals surface area contributed by atoms with Gasteiger partial charge < -0.3 is 4.42 Å². The van der Waals surface area contributed by atoms with Crippen molar-refractivity contribution in [3.05, 3.63) is 64.4 Å². The SMILES string of the molecule is Cc1cccc(C2CCCN2Cc2nc(-c3cccs3)oc2C)c1. The molecule has 1 atom stereocenters. The first-order valence-corrected chi connectivity index (χ1v) is 9.39. The summed E-state index contributed by atoms with van der Waals surface area (Å²) in [6.07, 6.45) is 2.46. The second-order valence-electron chi connectivity index (χ2n) is 6.54. The molecule has 1 aliphatic heterocycles.